The molecule has 142 valence electrons. The molecule has 1 saturated heterocycles. The highest BCUT2D eigenvalue weighted by Crippen LogP contribution is 2.20. The zero-order valence-corrected chi connectivity index (χ0v) is 15.5. The number of nitrogens with zero attached hydrogens (tertiary/aromatic N) is 2. The highest BCUT2D eigenvalue weighted by atomic mass is 16.5. The quantitative estimate of drug-likeness (QED) is 0.854. The van der Waals surface area contributed by atoms with Gasteiger partial charge in [-0.15, -0.1) is 0 Å². The Morgan fingerprint density at radius 1 is 1.35 bits per heavy atom. The molecule has 1 fully saturated rings. The molecule has 0 spiro atoms. The van der Waals surface area contributed by atoms with E-state index in [2.05, 4.69) is 29.4 Å². The predicted octanol–water partition coefficient (Wildman–Crippen LogP) is 1.51. The molecule has 26 heavy (non-hydrogen) atoms. The third kappa shape index (κ3) is 4.95. The highest BCUT2D eigenvalue weighted by Gasteiger charge is 2.25. The van der Waals surface area contributed by atoms with Crippen molar-refractivity contribution in [2.24, 2.45) is 5.92 Å². The van der Waals surface area contributed by atoms with Gasteiger partial charge < -0.3 is 20.3 Å². The van der Waals surface area contributed by atoms with Crippen molar-refractivity contribution in [1.82, 2.24) is 15.1 Å². The summed E-state index contributed by atoms with van der Waals surface area (Å²) < 4.78 is 5.78. The smallest absolute Gasteiger partial charge is 0.318 e. The molecule has 2 aliphatic heterocycles. The summed E-state index contributed by atoms with van der Waals surface area (Å²) in [6, 6.07) is 7.33. The number of nitrogens with one attached hydrogen (secondary N) is 2. The van der Waals surface area contributed by atoms with Gasteiger partial charge in [0, 0.05) is 31.9 Å². The van der Waals surface area contributed by atoms with Crippen LogP contribution >= 0.6 is 0 Å². The average molecular weight is 360 g/mol. The maximum absolute atomic E-state index is 12.6. The summed E-state index contributed by atoms with van der Waals surface area (Å²) in [6.07, 6.45) is -0.0143. The Kier molecular flexibility index (Phi) is 6.11. The van der Waals surface area contributed by atoms with Crippen LogP contribution in [0.25, 0.3) is 0 Å². The van der Waals surface area contributed by atoms with Gasteiger partial charge in [0.05, 0.1) is 19.3 Å². The largest absolute Gasteiger partial charge is 0.374 e. The first kappa shape index (κ1) is 18.7. The lowest BCUT2D eigenvalue weighted by Crippen LogP contribution is -2.50. The van der Waals surface area contributed by atoms with Crippen LogP contribution in [-0.4, -0.2) is 67.2 Å². The molecular formula is C19H28N4O3. The Balaban J connectivity index is 1.54. The number of carbonyl (C=O) groups is 2. The molecule has 2 heterocycles. The molecule has 3 rings (SSSR count). The lowest BCUT2D eigenvalue weighted by atomic mass is 10.1. The molecule has 1 aromatic rings. The van der Waals surface area contributed by atoms with Crippen LogP contribution in [0, 0.1) is 5.92 Å². The van der Waals surface area contributed by atoms with E-state index >= 15 is 0 Å². The number of urea groups is 1. The van der Waals surface area contributed by atoms with Crippen molar-refractivity contribution in [3.63, 3.8) is 0 Å². The van der Waals surface area contributed by atoms with Gasteiger partial charge in [-0.3, -0.25) is 9.69 Å². The van der Waals surface area contributed by atoms with Gasteiger partial charge in [-0.2, -0.15) is 0 Å². The van der Waals surface area contributed by atoms with E-state index in [1.165, 1.54) is 4.90 Å². The van der Waals surface area contributed by atoms with Crippen molar-refractivity contribution in [2.45, 2.75) is 26.5 Å². The van der Waals surface area contributed by atoms with Crippen LogP contribution in [0.2, 0.25) is 0 Å². The fraction of sp³-hybridized carbons (Fsp3) is 0.579. The van der Waals surface area contributed by atoms with Crippen molar-refractivity contribution < 1.29 is 14.3 Å². The van der Waals surface area contributed by atoms with E-state index in [9.17, 15) is 9.59 Å². The Morgan fingerprint density at radius 3 is 2.96 bits per heavy atom. The van der Waals surface area contributed by atoms with E-state index < -0.39 is 0 Å². The van der Waals surface area contributed by atoms with Crippen LogP contribution in [0.3, 0.4) is 0 Å². The van der Waals surface area contributed by atoms with E-state index in [0.29, 0.717) is 25.6 Å². The zero-order chi connectivity index (χ0) is 18.5. The summed E-state index contributed by atoms with van der Waals surface area (Å²) in [5.41, 5.74) is 1.71. The lowest BCUT2D eigenvalue weighted by molar-refractivity contribution is -0.116. The van der Waals surface area contributed by atoms with Gasteiger partial charge in [-0.05, 0) is 17.5 Å². The Morgan fingerprint density at radius 2 is 2.15 bits per heavy atom. The van der Waals surface area contributed by atoms with Crippen molar-refractivity contribution >= 4 is 17.6 Å². The number of rotatable bonds is 4. The van der Waals surface area contributed by atoms with E-state index in [1.54, 1.807) is 0 Å². The SMILES string of the molecule is CC(C)CN1CCOC(CNC(=O)N2CC(=O)Nc3ccccc3C2)C1. The number of hydrogen-bond acceptors (Lipinski definition) is 4. The van der Waals surface area contributed by atoms with Crippen LogP contribution in [-0.2, 0) is 16.1 Å². The van der Waals surface area contributed by atoms with Crippen LogP contribution < -0.4 is 10.6 Å². The minimum absolute atomic E-state index is 0.0143. The average Bonchev–Trinajstić information content (AvgIpc) is 2.77. The number of benzene rings is 1. The summed E-state index contributed by atoms with van der Waals surface area (Å²) in [5.74, 6) is 0.432. The standard InChI is InChI=1S/C19H28N4O3/c1-14(2)10-22-7-8-26-16(12-22)9-20-19(25)23-11-15-5-3-4-6-17(15)21-18(24)13-23/h3-6,14,16H,7-13H2,1-2H3,(H,20,25)(H,21,24). The van der Waals surface area contributed by atoms with Gasteiger partial charge in [-0.1, -0.05) is 32.0 Å². The fourth-order valence-electron chi connectivity index (χ4n) is 3.45. The van der Waals surface area contributed by atoms with Gasteiger partial charge in [0.15, 0.2) is 0 Å². The van der Waals surface area contributed by atoms with Crippen LogP contribution in [0.15, 0.2) is 24.3 Å². The molecule has 0 bridgehead atoms. The van der Waals surface area contributed by atoms with E-state index in [0.717, 1.165) is 30.9 Å². The molecule has 0 aliphatic carbocycles. The number of fused-ring (bicyclic) bond motifs is 1. The number of para-hydroxylation sites is 1. The molecule has 0 saturated carbocycles. The van der Waals surface area contributed by atoms with Gasteiger partial charge in [0.2, 0.25) is 5.91 Å². The highest BCUT2D eigenvalue weighted by molar-refractivity contribution is 5.96. The number of morpholine rings is 1. The molecule has 1 atom stereocenters. The molecule has 1 unspecified atom stereocenters. The summed E-state index contributed by atoms with van der Waals surface area (Å²) >= 11 is 0. The maximum Gasteiger partial charge on any atom is 0.318 e. The summed E-state index contributed by atoms with van der Waals surface area (Å²) in [6.45, 7) is 8.80. The second-order valence-corrected chi connectivity index (χ2v) is 7.39. The molecule has 2 aliphatic rings. The Hall–Kier alpha value is -2.12. The zero-order valence-electron chi connectivity index (χ0n) is 15.5. The molecule has 0 radical (unpaired) electrons. The summed E-state index contributed by atoms with van der Waals surface area (Å²) in [5, 5.41) is 5.78. The number of hydrogen-bond donors (Lipinski definition) is 2. The third-order valence-corrected chi connectivity index (χ3v) is 4.60. The number of carbonyl (C=O) groups excluding carboxylic acids is 2. The van der Waals surface area contributed by atoms with E-state index in [-0.39, 0.29) is 24.6 Å². The van der Waals surface area contributed by atoms with Crippen molar-refractivity contribution in [1.29, 1.82) is 0 Å². The number of anilines is 1. The van der Waals surface area contributed by atoms with Gasteiger partial charge in [0.25, 0.3) is 0 Å². The van der Waals surface area contributed by atoms with Crippen molar-refractivity contribution in [3.05, 3.63) is 29.8 Å². The summed E-state index contributed by atoms with van der Waals surface area (Å²) in [7, 11) is 0. The second kappa shape index (κ2) is 8.51. The monoisotopic (exact) mass is 360 g/mol. The first-order valence-corrected chi connectivity index (χ1v) is 9.25. The van der Waals surface area contributed by atoms with Crippen LogP contribution in [0.1, 0.15) is 19.4 Å². The minimum Gasteiger partial charge on any atom is -0.374 e. The maximum atomic E-state index is 12.6. The van der Waals surface area contributed by atoms with Gasteiger partial charge in [0.1, 0.15) is 6.54 Å². The molecule has 0 aromatic heterocycles. The number of ether oxygens (including phenoxy) is 1. The number of amides is 3. The fourth-order valence-corrected chi connectivity index (χ4v) is 3.45. The third-order valence-electron chi connectivity index (χ3n) is 4.60. The molecule has 7 heteroatoms. The van der Waals surface area contributed by atoms with Crippen molar-refractivity contribution in [3.8, 4) is 0 Å². The van der Waals surface area contributed by atoms with Gasteiger partial charge >= 0.3 is 6.03 Å². The second-order valence-electron chi connectivity index (χ2n) is 7.39. The van der Waals surface area contributed by atoms with E-state index in [1.807, 2.05) is 24.3 Å². The molecule has 2 N–H and O–H groups in total. The first-order chi connectivity index (χ1) is 12.5. The first-order valence-electron chi connectivity index (χ1n) is 9.25. The minimum atomic E-state index is -0.235. The van der Waals surface area contributed by atoms with Crippen LogP contribution in [0.5, 0.6) is 0 Å². The summed E-state index contributed by atoms with van der Waals surface area (Å²) in [4.78, 5) is 28.5. The van der Waals surface area contributed by atoms with Crippen LogP contribution in [0.4, 0.5) is 10.5 Å². The molecule has 1 aromatic carbocycles. The lowest BCUT2D eigenvalue weighted by Gasteiger charge is -2.34. The molecule has 3 amide bonds. The Labute approximate surface area is 154 Å². The van der Waals surface area contributed by atoms with Crippen molar-refractivity contribution in [2.75, 3.05) is 44.6 Å². The predicted molar refractivity (Wildman–Crippen MR) is 99.9 cm³/mol. The van der Waals surface area contributed by atoms with Gasteiger partial charge in [-0.25, -0.2) is 4.79 Å². The van der Waals surface area contributed by atoms with E-state index in [4.69, 9.17) is 4.74 Å². The normalized spacial score (nSPS) is 21.1. The molecule has 7 nitrogen and oxygen atoms in total. The topological polar surface area (TPSA) is 73.9 Å². The Bertz CT molecular complexity index is 649. The molecular weight excluding hydrogens is 332 g/mol.